The van der Waals surface area contributed by atoms with Crippen molar-refractivity contribution in [2.24, 2.45) is 34.3 Å². The van der Waals surface area contributed by atoms with E-state index in [0.717, 1.165) is 51.4 Å². The Morgan fingerprint density at radius 2 is 1.46 bits per heavy atom. The van der Waals surface area contributed by atoms with Crippen LogP contribution in [0.15, 0.2) is 53.4 Å². The number of nitro groups is 1. The Hall–Kier alpha value is -3.64. The van der Waals surface area contributed by atoms with E-state index in [9.17, 15) is 24.6 Å². The van der Waals surface area contributed by atoms with E-state index in [2.05, 4.69) is 24.1 Å². The van der Waals surface area contributed by atoms with Crippen LogP contribution in [0.1, 0.15) is 78.6 Å². The van der Waals surface area contributed by atoms with Crippen LogP contribution in [0.2, 0.25) is 0 Å². The molecule has 3 atom stereocenters. The zero-order valence-corrected chi connectivity index (χ0v) is 27.4. The molecule has 0 bridgehead atoms. The second-order valence-electron chi connectivity index (χ2n) is 12.7. The highest BCUT2D eigenvalue weighted by molar-refractivity contribution is 7.33. The van der Waals surface area contributed by atoms with Gasteiger partial charge in [-0.2, -0.15) is 5.43 Å². The molecule has 0 aromatic heterocycles. The quantitative estimate of drug-likeness (QED) is 0.113. The molecule has 2 aliphatic carbocycles. The van der Waals surface area contributed by atoms with E-state index in [1.165, 1.54) is 43.3 Å². The highest BCUT2D eigenvalue weighted by atomic mass is 31.1. The van der Waals surface area contributed by atoms with Crippen molar-refractivity contribution >= 4 is 25.8 Å². The third-order valence-electron chi connectivity index (χ3n) is 9.06. The Labute approximate surface area is 269 Å². The zero-order valence-electron chi connectivity index (χ0n) is 26.5. The lowest BCUT2D eigenvalue weighted by molar-refractivity contribution is -0.384. The molecule has 13 nitrogen and oxygen atoms in total. The molecule has 0 amide bonds. The molecule has 14 heteroatoms. The first-order valence-electron chi connectivity index (χ1n) is 15.8. The highest BCUT2D eigenvalue weighted by Crippen LogP contribution is 2.41. The van der Waals surface area contributed by atoms with Gasteiger partial charge in [0.15, 0.2) is 5.75 Å². The molecule has 0 spiro atoms. The summed E-state index contributed by atoms with van der Waals surface area (Å²) >= 11 is 0. The third kappa shape index (κ3) is 9.93. The van der Waals surface area contributed by atoms with Crippen molar-refractivity contribution < 1.29 is 38.4 Å². The van der Waals surface area contributed by atoms with Crippen molar-refractivity contribution in [2.75, 3.05) is 0 Å². The van der Waals surface area contributed by atoms with Crippen LogP contribution in [0.3, 0.4) is 0 Å². The normalized spacial score (nSPS) is 23.8. The number of hydrogen-bond acceptors (Lipinski definition) is 11. The number of benzene rings is 2. The van der Waals surface area contributed by atoms with Gasteiger partial charge in [0.05, 0.1) is 4.92 Å². The molecule has 3 N–H and O–H groups in total. The van der Waals surface area contributed by atoms with Crippen molar-refractivity contribution in [1.82, 2.24) is 5.43 Å². The summed E-state index contributed by atoms with van der Waals surface area (Å²) in [6, 6.07) is 10.6. The number of carbonyl (C=O) groups excluding carboxylic acids is 2. The number of nitrogens with one attached hydrogen (secondary N) is 1. The van der Waals surface area contributed by atoms with Gasteiger partial charge in [0.1, 0.15) is 23.1 Å². The summed E-state index contributed by atoms with van der Waals surface area (Å²) in [5, 5.41) is 10.8. The second-order valence-corrected chi connectivity index (χ2v) is 13.6. The molecule has 3 unspecified atom stereocenters. The summed E-state index contributed by atoms with van der Waals surface area (Å²) in [7, 11) is -2.62. The van der Waals surface area contributed by atoms with Crippen LogP contribution in [0.5, 0.6) is 17.2 Å². The Morgan fingerprint density at radius 3 is 2.02 bits per heavy atom. The maximum atomic E-state index is 13.4. The fourth-order valence-electron chi connectivity index (χ4n) is 6.07. The van der Waals surface area contributed by atoms with Gasteiger partial charge in [-0.15, -0.1) is 0 Å². The van der Waals surface area contributed by atoms with Crippen molar-refractivity contribution in [3.05, 3.63) is 58.6 Å². The standard InChI is InChI=1S/C32H43N4O9P/c1-21-4-8-24(9-5-21)20-32(33,25-10-6-22(2)7-11-25)31(38)44-43-30(37)23(3)34-35-46(41)45-29-18-16-28(17-19-29)42-27-14-12-26(13-15-27)36(39)40/h12-19,21-25,34H,4-11,20,33H2,1-3H3. The fourth-order valence-corrected chi connectivity index (χ4v) is 6.68. The molecule has 2 aromatic carbocycles. The minimum Gasteiger partial charge on any atom is -0.574 e. The number of nitro benzene ring substituents is 1. The van der Waals surface area contributed by atoms with Crippen LogP contribution in [0.25, 0.3) is 0 Å². The number of nitrogens with zero attached hydrogens (tertiary/aromatic N) is 2. The molecule has 0 aliphatic heterocycles. The SMILES string of the molecule is CC1CCC(CC(N)(C(=O)OOC(=O)C(C)N/N=[P+](\[O-])Oc2ccc(Oc3ccc([N+](=O)[O-])cc3)cc2)C2CCC(C)CC2)CC1. The van der Waals surface area contributed by atoms with Gasteiger partial charge in [-0.25, -0.2) is 19.4 Å². The molecule has 0 saturated heterocycles. The lowest BCUT2D eigenvalue weighted by Gasteiger charge is -2.41. The predicted octanol–water partition coefficient (Wildman–Crippen LogP) is 6.26. The first-order valence-corrected chi connectivity index (χ1v) is 16.9. The smallest absolute Gasteiger partial charge is 0.412 e. The van der Waals surface area contributed by atoms with Gasteiger partial charge < -0.3 is 15.4 Å². The Bertz CT molecular complexity index is 1360. The van der Waals surface area contributed by atoms with Gasteiger partial charge in [0, 0.05) is 17.0 Å². The highest BCUT2D eigenvalue weighted by Gasteiger charge is 2.47. The predicted molar refractivity (Wildman–Crippen MR) is 168 cm³/mol. The van der Waals surface area contributed by atoms with Gasteiger partial charge >= 0.3 is 20.1 Å². The Balaban J connectivity index is 1.26. The molecule has 4 rings (SSSR count). The van der Waals surface area contributed by atoms with E-state index in [1.54, 1.807) is 12.1 Å². The van der Waals surface area contributed by atoms with Crippen LogP contribution in [0, 0.1) is 33.8 Å². The van der Waals surface area contributed by atoms with Crippen molar-refractivity contribution in [3.63, 3.8) is 0 Å². The monoisotopic (exact) mass is 658 g/mol. The average Bonchev–Trinajstić information content (AvgIpc) is 3.04. The summed E-state index contributed by atoms with van der Waals surface area (Å²) in [6.07, 6.45) is 8.36. The minimum atomic E-state index is -2.62. The summed E-state index contributed by atoms with van der Waals surface area (Å²) in [5.74, 6) is 0.888. The molecule has 0 radical (unpaired) electrons. The molecular weight excluding hydrogens is 615 g/mol. The van der Waals surface area contributed by atoms with E-state index in [0.29, 0.717) is 35.7 Å². The lowest BCUT2D eigenvalue weighted by Crippen LogP contribution is -2.57. The summed E-state index contributed by atoms with van der Waals surface area (Å²) < 4.78 is 10.9. The first-order chi connectivity index (χ1) is 21.9. The second kappa shape index (κ2) is 16.3. The van der Waals surface area contributed by atoms with E-state index in [4.69, 9.17) is 24.8 Å². The van der Waals surface area contributed by atoms with Crippen LogP contribution in [0.4, 0.5) is 5.69 Å². The molecule has 0 heterocycles. The molecule has 250 valence electrons. The Morgan fingerprint density at radius 1 is 0.935 bits per heavy atom. The molecule has 46 heavy (non-hydrogen) atoms. The maximum absolute atomic E-state index is 13.4. The number of nitrogens with two attached hydrogens (primary N) is 1. The number of non-ortho nitro benzene ring substituents is 1. The van der Waals surface area contributed by atoms with E-state index >= 15 is 0 Å². The van der Waals surface area contributed by atoms with Gasteiger partial charge in [-0.05, 0) is 86.3 Å². The zero-order chi connectivity index (χ0) is 33.3. The van der Waals surface area contributed by atoms with Gasteiger partial charge in [-0.1, -0.05) is 52.4 Å². The summed E-state index contributed by atoms with van der Waals surface area (Å²) in [4.78, 5) is 62.2. The van der Waals surface area contributed by atoms with Crippen LogP contribution in [-0.2, 0) is 19.4 Å². The van der Waals surface area contributed by atoms with Crippen LogP contribution < -0.4 is 25.3 Å². The third-order valence-corrected chi connectivity index (χ3v) is 9.71. The lowest BCUT2D eigenvalue weighted by atomic mass is 9.67. The number of carbonyl (C=O) groups is 2. The average molecular weight is 659 g/mol. The maximum Gasteiger partial charge on any atom is 0.412 e. The minimum absolute atomic E-state index is 0.0519. The van der Waals surface area contributed by atoms with E-state index < -0.39 is 36.6 Å². The van der Waals surface area contributed by atoms with Crippen molar-refractivity contribution in [2.45, 2.75) is 90.1 Å². The topological polar surface area (TPSA) is 188 Å². The van der Waals surface area contributed by atoms with E-state index in [-0.39, 0.29) is 17.4 Å². The Kier molecular flexibility index (Phi) is 12.5. The number of hydrogen-bond donors (Lipinski definition) is 2. The van der Waals surface area contributed by atoms with Crippen LogP contribution >= 0.6 is 8.17 Å². The molecule has 2 aromatic rings. The van der Waals surface area contributed by atoms with Gasteiger partial charge in [0.2, 0.25) is 0 Å². The van der Waals surface area contributed by atoms with Crippen molar-refractivity contribution in [3.8, 4) is 17.2 Å². The largest absolute Gasteiger partial charge is 0.574 e. The number of ether oxygens (including phenoxy) is 1. The molecule has 2 saturated carbocycles. The molecule has 2 fully saturated rings. The van der Waals surface area contributed by atoms with E-state index in [1.807, 2.05) is 0 Å². The van der Waals surface area contributed by atoms with Gasteiger partial charge in [0.25, 0.3) is 5.69 Å². The molecular formula is C32H43N4O9P. The number of rotatable bonds is 12. The van der Waals surface area contributed by atoms with Crippen LogP contribution in [-0.4, -0.2) is 28.4 Å². The fraction of sp³-hybridized carbons (Fsp3) is 0.562. The molecule has 2 aliphatic rings. The van der Waals surface area contributed by atoms with Gasteiger partial charge in [-0.3, -0.25) is 14.6 Å². The van der Waals surface area contributed by atoms with Crippen molar-refractivity contribution in [1.29, 1.82) is 0 Å². The first kappa shape index (κ1) is 35.2. The summed E-state index contributed by atoms with van der Waals surface area (Å²) in [5.41, 5.74) is 7.95. The summed E-state index contributed by atoms with van der Waals surface area (Å²) in [6.45, 7) is 5.85.